The molecule has 1 N–H and O–H groups in total. The van der Waals surface area contributed by atoms with Crippen molar-refractivity contribution in [2.75, 3.05) is 0 Å². The Kier molecular flexibility index (Phi) is 2.96. The third kappa shape index (κ3) is 1.79. The largest absolute Gasteiger partial charge is 0.376 e. The zero-order chi connectivity index (χ0) is 15.3. The number of hydrogen-bond acceptors (Lipinski definition) is 1. The molecule has 0 heterocycles. The zero-order valence-corrected chi connectivity index (χ0v) is 13.1. The summed E-state index contributed by atoms with van der Waals surface area (Å²) >= 11 is 3.47. The maximum absolute atomic E-state index is 13.3. The van der Waals surface area contributed by atoms with Gasteiger partial charge in [-0.15, -0.1) is 0 Å². The molecule has 0 bridgehead atoms. The standard InChI is InChI=1S/C19H12BrFO/c20-13-7-10-16-15-3-1-2-4-17(15)19(22,18(16)11-13)12-5-8-14(21)9-6-12/h1-11,22H. The Morgan fingerprint density at radius 1 is 0.818 bits per heavy atom. The first-order chi connectivity index (χ1) is 10.6. The molecule has 1 nitrogen and oxygen atoms in total. The Hall–Kier alpha value is -1.97. The maximum atomic E-state index is 13.3. The fourth-order valence-corrected chi connectivity index (χ4v) is 3.59. The molecule has 0 aromatic heterocycles. The normalized spacial score (nSPS) is 18.9. The Labute approximate surface area is 136 Å². The van der Waals surface area contributed by atoms with Crippen molar-refractivity contribution in [1.29, 1.82) is 0 Å². The zero-order valence-electron chi connectivity index (χ0n) is 11.6. The van der Waals surface area contributed by atoms with Gasteiger partial charge >= 0.3 is 0 Å². The molecule has 1 aliphatic rings. The van der Waals surface area contributed by atoms with E-state index in [1.54, 1.807) is 12.1 Å². The van der Waals surface area contributed by atoms with Gasteiger partial charge in [0.2, 0.25) is 0 Å². The minimum Gasteiger partial charge on any atom is -0.376 e. The maximum Gasteiger partial charge on any atom is 0.141 e. The first kappa shape index (κ1) is 13.7. The number of aliphatic hydroxyl groups is 1. The molecular weight excluding hydrogens is 343 g/mol. The molecule has 0 spiro atoms. The van der Waals surface area contributed by atoms with Gasteiger partial charge in [0.1, 0.15) is 11.4 Å². The van der Waals surface area contributed by atoms with E-state index in [0.29, 0.717) is 5.56 Å². The van der Waals surface area contributed by atoms with Gasteiger partial charge in [-0.2, -0.15) is 0 Å². The molecule has 22 heavy (non-hydrogen) atoms. The highest BCUT2D eigenvalue weighted by Crippen LogP contribution is 2.51. The van der Waals surface area contributed by atoms with Crippen molar-refractivity contribution in [1.82, 2.24) is 0 Å². The average Bonchev–Trinajstić information content (AvgIpc) is 2.79. The van der Waals surface area contributed by atoms with Crippen LogP contribution in [0.15, 0.2) is 71.2 Å². The van der Waals surface area contributed by atoms with Gasteiger partial charge in [0, 0.05) is 15.6 Å². The molecule has 4 rings (SSSR count). The number of halogens is 2. The monoisotopic (exact) mass is 354 g/mol. The highest BCUT2D eigenvalue weighted by atomic mass is 79.9. The number of rotatable bonds is 1. The molecule has 3 aromatic carbocycles. The van der Waals surface area contributed by atoms with Crippen molar-refractivity contribution >= 4 is 15.9 Å². The predicted octanol–water partition coefficient (Wildman–Crippen LogP) is 4.85. The van der Waals surface area contributed by atoms with E-state index in [-0.39, 0.29) is 5.82 Å². The van der Waals surface area contributed by atoms with Crippen molar-refractivity contribution in [3.8, 4) is 11.1 Å². The second kappa shape index (κ2) is 4.77. The summed E-state index contributed by atoms with van der Waals surface area (Å²) in [6.45, 7) is 0. The molecule has 0 amide bonds. The topological polar surface area (TPSA) is 20.2 Å². The number of benzene rings is 3. The van der Waals surface area contributed by atoms with Crippen molar-refractivity contribution < 1.29 is 9.50 Å². The van der Waals surface area contributed by atoms with Crippen LogP contribution < -0.4 is 0 Å². The lowest BCUT2D eigenvalue weighted by Crippen LogP contribution is -2.26. The van der Waals surface area contributed by atoms with Crippen LogP contribution in [0.2, 0.25) is 0 Å². The molecule has 1 unspecified atom stereocenters. The lowest BCUT2D eigenvalue weighted by Gasteiger charge is -2.26. The highest BCUT2D eigenvalue weighted by Gasteiger charge is 2.42. The minimum atomic E-state index is -1.26. The van der Waals surface area contributed by atoms with Gasteiger partial charge < -0.3 is 5.11 Å². The Morgan fingerprint density at radius 3 is 2.27 bits per heavy atom. The summed E-state index contributed by atoms with van der Waals surface area (Å²) in [6, 6.07) is 19.7. The highest BCUT2D eigenvalue weighted by molar-refractivity contribution is 9.10. The van der Waals surface area contributed by atoms with Crippen molar-refractivity contribution in [2.24, 2.45) is 0 Å². The molecule has 3 heteroatoms. The lowest BCUT2D eigenvalue weighted by atomic mass is 9.84. The minimum absolute atomic E-state index is 0.312. The molecule has 0 aliphatic heterocycles. The summed E-state index contributed by atoms with van der Waals surface area (Å²) in [5.41, 5.74) is 3.06. The van der Waals surface area contributed by atoms with E-state index in [9.17, 15) is 9.50 Å². The smallest absolute Gasteiger partial charge is 0.141 e. The summed E-state index contributed by atoms with van der Waals surface area (Å²) < 4.78 is 14.2. The van der Waals surface area contributed by atoms with Gasteiger partial charge in [0.05, 0.1) is 0 Å². The molecule has 1 aliphatic carbocycles. The summed E-state index contributed by atoms with van der Waals surface area (Å²) in [4.78, 5) is 0. The third-order valence-electron chi connectivity index (χ3n) is 4.24. The van der Waals surface area contributed by atoms with Crippen LogP contribution in [0.5, 0.6) is 0 Å². The molecule has 108 valence electrons. The SMILES string of the molecule is OC1(c2ccc(F)cc2)c2ccccc2-c2ccc(Br)cc21. The molecule has 0 saturated heterocycles. The molecule has 3 aromatic rings. The van der Waals surface area contributed by atoms with E-state index in [0.717, 1.165) is 26.7 Å². The number of fused-ring (bicyclic) bond motifs is 3. The Bertz CT molecular complexity index is 873. The first-order valence-electron chi connectivity index (χ1n) is 6.99. The van der Waals surface area contributed by atoms with Crippen LogP contribution in [0.3, 0.4) is 0 Å². The van der Waals surface area contributed by atoms with E-state index in [1.165, 1.54) is 12.1 Å². The van der Waals surface area contributed by atoms with Crippen LogP contribution >= 0.6 is 15.9 Å². The van der Waals surface area contributed by atoms with Gasteiger partial charge in [-0.1, -0.05) is 58.4 Å². The summed E-state index contributed by atoms with van der Waals surface area (Å²) in [7, 11) is 0. The summed E-state index contributed by atoms with van der Waals surface area (Å²) in [5, 5.41) is 11.5. The van der Waals surface area contributed by atoms with Crippen LogP contribution in [-0.4, -0.2) is 5.11 Å². The van der Waals surface area contributed by atoms with Gasteiger partial charge in [0.25, 0.3) is 0 Å². The lowest BCUT2D eigenvalue weighted by molar-refractivity contribution is 0.130. The third-order valence-corrected chi connectivity index (χ3v) is 4.73. The van der Waals surface area contributed by atoms with Gasteiger partial charge in [0.15, 0.2) is 0 Å². The van der Waals surface area contributed by atoms with Gasteiger partial charge in [-0.25, -0.2) is 4.39 Å². The summed E-state index contributed by atoms with van der Waals surface area (Å²) in [5.74, 6) is -0.312. The molecular formula is C19H12BrFO. The van der Waals surface area contributed by atoms with E-state index in [4.69, 9.17) is 0 Å². The predicted molar refractivity (Wildman–Crippen MR) is 88.1 cm³/mol. The summed E-state index contributed by atoms with van der Waals surface area (Å²) in [6.07, 6.45) is 0. The van der Waals surface area contributed by atoms with Crippen molar-refractivity contribution in [2.45, 2.75) is 5.60 Å². The molecule has 0 fully saturated rings. The number of hydrogen-bond donors (Lipinski definition) is 1. The fraction of sp³-hybridized carbons (Fsp3) is 0.0526. The fourth-order valence-electron chi connectivity index (χ4n) is 3.23. The van der Waals surface area contributed by atoms with E-state index in [1.807, 2.05) is 42.5 Å². The van der Waals surface area contributed by atoms with Crippen molar-refractivity contribution in [3.63, 3.8) is 0 Å². The molecule has 0 saturated carbocycles. The molecule has 1 atom stereocenters. The van der Waals surface area contributed by atoms with Crippen LogP contribution in [-0.2, 0) is 5.60 Å². The Morgan fingerprint density at radius 2 is 1.50 bits per heavy atom. The van der Waals surface area contributed by atoms with E-state index >= 15 is 0 Å². The van der Waals surface area contributed by atoms with Crippen LogP contribution in [0.4, 0.5) is 4.39 Å². The molecule has 0 radical (unpaired) electrons. The quantitative estimate of drug-likeness (QED) is 0.662. The average molecular weight is 355 g/mol. The van der Waals surface area contributed by atoms with Crippen molar-refractivity contribution in [3.05, 3.63) is 93.7 Å². The second-order valence-corrected chi connectivity index (χ2v) is 6.37. The van der Waals surface area contributed by atoms with Crippen LogP contribution in [0, 0.1) is 5.82 Å². The second-order valence-electron chi connectivity index (χ2n) is 5.45. The van der Waals surface area contributed by atoms with Gasteiger partial charge in [-0.3, -0.25) is 0 Å². The van der Waals surface area contributed by atoms with E-state index in [2.05, 4.69) is 15.9 Å². The van der Waals surface area contributed by atoms with Gasteiger partial charge in [-0.05, 0) is 41.0 Å². The van der Waals surface area contributed by atoms with E-state index < -0.39 is 5.60 Å². The van der Waals surface area contributed by atoms with Crippen LogP contribution in [0.25, 0.3) is 11.1 Å². The Balaban J connectivity index is 2.07. The first-order valence-corrected chi connectivity index (χ1v) is 7.78. The van der Waals surface area contributed by atoms with Crippen LogP contribution in [0.1, 0.15) is 16.7 Å².